The van der Waals surface area contributed by atoms with E-state index in [4.69, 9.17) is 18.9 Å². The Balaban J connectivity index is 1.05. The quantitative estimate of drug-likeness (QED) is 0.220. The molecule has 0 radical (unpaired) electrons. The van der Waals surface area contributed by atoms with Crippen LogP contribution in [0.1, 0.15) is 44.6 Å². The summed E-state index contributed by atoms with van der Waals surface area (Å²) >= 11 is 0. The Morgan fingerprint density at radius 2 is 1.79 bits per heavy atom. The Labute approximate surface area is 271 Å². The maximum atomic E-state index is 15.2. The molecule has 2 saturated heterocycles. The van der Waals surface area contributed by atoms with Crippen molar-refractivity contribution in [2.75, 3.05) is 49.1 Å². The number of cyclic esters (lactones) is 1. The number of nitrogens with one attached hydrogen (secondary N) is 1. The van der Waals surface area contributed by atoms with Crippen LogP contribution in [0.15, 0.2) is 48.5 Å². The SMILES string of the molecule is CC(=O)NC[C@H]1CN(c2ccc(N3CCN(C(=O)/C=C/c4ccc(OC(O)OC(=O)OC5CCCCC5)cc4)CC3)c(F)c2)C(=O)O1. The molecule has 47 heavy (non-hydrogen) atoms. The zero-order valence-electron chi connectivity index (χ0n) is 26.1. The number of nitrogens with zero attached hydrogens (tertiary/aromatic N) is 3. The number of carbonyl (C=O) groups excluding carboxylic acids is 4. The fourth-order valence-corrected chi connectivity index (χ4v) is 5.68. The molecule has 2 aromatic carbocycles. The molecule has 1 saturated carbocycles. The number of carbonyl (C=O) groups is 4. The number of amides is 3. The van der Waals surface area contributed by atoms with Crippen LogP contribution in [-0.4, -0.2) is 92.0 Å². The van der Waals surface area contributed by atoms with Crippen LogP contribution in [0, 0.1) is 5.82 Å². The number of benzene rings is 2. The van der Waals surface area contributed by atoms with Gasteiger partial charge in [0.25, 0.3) is 0 Å². The zero-order chi connectivity index (χ0) is 33.3. The van der Waals surface area contributed by atoms with E-state index in [1.54, 1.807) is 47.4 Å². The summed E-state index contributed by atoms with van der Waals surface area (Å²) in [5.41, 5.74) is 1.44. The summed E-state index contributed by atoms with van der Waals surface area (Å²) in [6.07, 6.45) is 5.44. The van der Waals surface area contributed by atoms with Crippen molar-refractivity contribution in [1.82, 2.24) is 10.2 Å². The minimum absolute atomic E-state index is 0.180. The van der Waals surface area contributed by atoms with Crippen molar-refractivity contribution >= 4 is 41.5 Å². The molecule has 252 valence electrons. The van der Waals surface area contributed by atoms with Crippen LogP contribution in [0.2, 0.25) is 0 Å². The minimum atomic E-state index is -1.82. The number of ether oxygens (including phenoxy) is 4. The zero-order valence-corrected chi connectivity index (χ0v) is 26.1. The maximum Gasteiger partial charge on any atom is 0.513 e. The topological polar surface area (TPSA) is 147 Å². The molecule has 2 aliphatic heterocycles. The number of rotatable bonds is 10. The fourth-order valence-electron chi connectivity index (χ4n) is 5.68. The van der Waals surface area contributed by atoms with Crippen molar-refractivity contribution in [3.63, 3.8) is 0 Å². The van der Waals surface area contributed by atoms with Gasteiger partial charge in [0.1, 0.15) is 23.8 Å². The van der Waals surface area contributed by atoms with Gasteiger partial charge in [0.05, 0.1) is 24.5 Å². The van der Waals surface area contributed by atoms with Crippen LogP contribution in [-0.2, 0) is 23.8 Å². The Kier molecular flexibility index (Phi) is 11.1. The summed E-state index contributed by atoms with van der Waals surface area (Å²) in [5.74, 6) is -0.659. The van der Waals surface area contributed by atoms with E-state index < -0.39 is 30.6 Å². The molecule has 2 heterocycles. The normalized spacial score (nSPS) is 19.3. The molecule has 0 bridgehead atoms. The third-order valence-corrected chi connectivity index (χ3v) is 8.18. The Hall–Kier alpha value is -4.85. The molecular weight excluding hydrogens is 615 g/mol. The fraction of sp³-hybridized carbons (Fsp3) is 0.455. The summed E-state index contributed by atoms with van der Waals surface area (Å²) in [6, 6.07) is 11.0. The molecule has 2 atom stereocenters. The van der Waals surface area contributed by atoms with Crippen molar-refractivity contribution in [3.05, 3.63) is 59.9 Å². The smallest absolute Gasteiger partial charge is 0.442 e. The molecule has 1 aliphatic carbocycles. The number of hydrogen-bond donors (Lipinski definition) is 2. The third kappa shape index (κ3) is 9.35. The van der Waals surface area contributed by atoms with Crippen LogP contribution < -0.4 is 19.9 Å². The summed E-state index contributed by atoms with van der Waals surface area (Å²) in [6.45, 7) is 1.55. The first-order chi connectivity index (χ1) is 22.6. The summed E-state index contributed by atoms with van der Waals surface area (Å²) in [7, 11) is 0. The number of hydrogen-bond acceptors (Lipinski definition) is 10. The van der Waals surface area contributed by atoms with Crippen molar-refractivity contribution in [2.24, 2.45) is 0 Å². The molecule has 0 spiro atoms. The number of aliphatic hydroxyl groups excluding tert-OH is 1. The first-order valence-electron chi connectivity index (χ1n) is 15.7. The van der Waals surface area contributed by atoms with Gasteiger partial charge in [0.2, 0.25) is 11.8 Å². The van der Waals surface area contributed by atoms with Gasteiger partial charge in [-0.2, -0.15) is 0 Å². The average molecular weight is 655 g/mol. The molecule has 2 aromatic rings. The lowest BCUT2D eigenvalue weighted by molar-refractivity contribution is -0.195. The van der Waals surface area contributed by atoms with Crippen molar-refractivity contribution in [3.8, 4) is 5.75 Å². The van der Waals surface area contributed by atoms with Gasteiger partial charge < -0.3 is 39.2 Å². The van der Waals surface area contributed by atoms with Gasteiger partial charge in [-0.25, -0.2) is 14.0 Å². The summed E-state index contributed by atoms with van der Waals surface area (Å²) in [5, 5.41) is 12.6. The van der Waals surface area contributed by atoms with E-state index >= 15 is 4.39 Å². The molecule has 3 aliphatic rings. The molecule has 1 unspecified atom stereocenters. The van der Waals surface area contributed by atoms with Gasteiger partial charge in [-0.05, 0) is 67.7 Å². The van der Waals surface area contributed by atoms with Gasteiger partial charge in [-0.15, -0.1) is 0 Å². The molecule has 14 heteroatoms. The number of piperazine rings is 1. The second-order valence-electron chi connectivity index (χ2n) is 11.6. The number of halogens is 1. The highest BCUT2D eigenvalue weighted by Gasteiger charge is 2.33. The Morgan fingerprint density at radius 1 is 1.06 bits per heavy atom. The van der Waals surface area contributed by atoms with Crippen molar-refractivity contribution < 1.29 is 47.6 Å². The highest BCUT2D eigenvalue weighted by molar-refractivity contribution is 5.92. The van der Waals surface area contributed by atoms with E-state index in [1.165, 1.54) is 24.0 Å². The van der Waals surface area contributed by atoms with Crippen molar-refractivity contribution in [1.29, 1.82) is 0 Å². The standard InChI is InChI=1S/C33H39FN4O9/c1-22(39)35-20-27-21-38(31(41)44-27)24-10-13-29(28(34)19-24)36-15-17-37(18-16-36)30(40)14-9-23-7-11-26(12-8-23)46-33(43)47-32(42)45-25-5-3-2-4-6-25/h7-14,19,25,27,33,43H,2-6,15-18,20-21H2,1H3,(H,35,39)/b14-9+/t27-,33?/m0/s1. The van der Waals surface area contributed by atoms with Gasteiger partial charge in [-0.1, -0.05) is 18.6 Å². The second-order valence-corrected chi connectivity index (χ2v) is 11.6. The van der Waals surface area contributed by atoms with E-state index in [0.29, 0.717) is 43.1 Å². The average Bonchev–Trinajstić information content (AvgIpc) is 3.44. The Morgan fingerprint density at radius 3 is 2.47 bits per heavy atom. The van der Waals surface area contributed by atoms with Crippen LogP contribution in [0.3, 0.4) is 0 Å². The van der Waals surface area contributed by atoms with Gasteiger partial charge >= 0.3 is 18.7 Å². The molecular formula is C33H39FN4O9. The highest BCUT2D eigenvalue weighted by atomic mass is 19.1. The van der Waals surface area contributed by atoms with E-state index in [9.17, 15) is 24.3 Å². The molecule has 0 aromatic heterocycles. The predicted octanol–water partition coefficient (Wildman–Crippen LogP) is 3.79. The van der Waals surface area contributed by atoms with E-state index in [-0.39, 0.29) is 36.8 Å². The van der Waals surface area contributed by atoms with Gasteiger partial charge in [0.15, 0.2) is 0 Å². The first-order valence-corrected chi connectivity index (χ1v) is 15.7. The van der Waals surface area contributed by atoms with Crippen LogP contribution in [0.4, 0.5) is 25.4 Å². The Bertz CT molecular complexity index is 1460. The molecule has 5 rings (SSSR count). The third-order valence-electron chi connectivity index (χ3n) is 8.18. The maximum absolute atomic E-state index is 15.2. The molecule has 3 fully saturated rings. The second kappa shape index (κ2) is 15.6. The molecule has 2 N–H and O–H groups in total. The summed E-state index contributed by atoms with van der Waals surface area (Å²) in [4.78, 5) is 53.0. The lowest BCUT2D eigenvalue weighted by atomic mass is 9.98. The lowest BCUT2D eigenvalue weighted by Crippen LogP contribution is -2.48. The van der Waals surface area contributed by atoms with Crippen LogP contribution in [0.5, 0.6) is 5.75 Å². The predicted molar refractivity (Wildman–Crippen MR) is 168 cm³/mol. The van der Waals surface area contributed by atoms with E-state index in [2.05, 4.69) is 5.32 Å². The first kappa shape index (κ1) is 33.5. The molecule has 13 nitrogen and oxygen atoms in total. The number of aliphatic hydroxyl groups is 1. The summed E-state index contributed by atoms with van der Waals surface area (Å²) < 4.78 is 35.6. The highest BCUT2D eigenvalue weighted by Crippen LogP contribution is 2.29. The minimum Gasteiger partial charge on any atom is -0.442 e. The largest absolute Gasteiger partial charge is 0.513 e. The monoisotopic (exact) mass is 654 g/mol. The molecule has 3 amide bonds. The van der Waals surface area contributed by atoms with Crippen LogP contribution in [0.25, 0.3) is 6.08 Å². The van der Waals surface area contributed by atoms with Gasteiger partial charge in [0, 0.05) is 39.2 Å². The van der Waals surface area contributed by atoms with E-state index in [1.807, 2.05) is 4.90 Å². The van der Waals surface area contributed by atoms with E-state index in [0.717, 1.165) is 32.1 Å². The van der Waals surface area contributed by atoms with Gasteiger partial charge in [-0.3, -0.25) is 14.5 Å². The van der Waals surface area contributed by atoms with Crippen LogP contribution >= 0.6 is 0 Å². The lowest BCUT2D eigenvalue weighted by Gasteiger charge is -2.36. The van der Waals surface area contributed by atoms with Crippen molar-refractivity contribution in [2.45, 2.75) is 57.7 Å². The number of anilines is 2.